The molecule has 4 heteroatoms. The van der Waals surface area contributed by atoms with E-state index < -0.39 is 0 Å². The first-order chi connectivity index (χ1) is 4.57. The molecule has 0 atom stereocenters. The number of nitrogens with one attached hydrogen (secondary N) is 1. The SMILES string of the molecule is CSC(=N)/N=C(\C)N(C)C. The summed E-state index contributed by atoms with van der Waals surface area (Å²) in [6, 6.07) is 0. The lowest BCUT2D eigenvalue weighted by Crippen LogP contribution is -2.19. The summed E-state index contributed by atoms with van der Waals surface area (Å²) in [5, 5.41) is 7.56. The number of nitrogens with zero attached hydrogens (tertiary/aromatic N) is 2. The lowest BCUT2D eigenvalue weighted by molar-refractivity contribution is 0.620. The minimum absolute atomic E-state index is 0.353. The molecule has 0 heterocycles. The number of thioether (sulfide) groups is 1. The number of hydrogen-bond donors (Lipinski definition) is 1. The van der Waals surface area contributed by atoms with Gasteiger partial charge in [-0.1, -0.05) is 11.8 Å². The predicted molar refractivity (Wildman–Crippen MR) is 48.0 cm³/mol. The van der Waals surface area contributed by atoms with Crippen LogP contribution in [0.2, 0.25) is 0 Å². The fraction of sp³-hybridized carbons (Fsp3) is 0.667. The topological polar surface area (TPSA) is 39.5 Å². The van der Waals surface area contributed by atoms with Gasteiger partial charge in [-0.3, -0.25) is 5.41 Å². The summed E-state index contributed by atoms with van der Waals surface area (Å²) < 4.78 is 0. The maximum atomic E-state index is 7.21. The number of aliphatic imine (C=N–C) groups is 1. The summed E-state index contributed by atoms with van der Waals surface area (Å²) >= 11 is 1.34. The van der Waals surface area contributed by atoms with E-state index in [4.69, 9.17) is 5.41 Å². The van der Waals surface area contributed by atoms with Gasteiger partial charge in [0, 0.05) is 14.1 Å². The van der Waals surface area contributed by atoms with E-state index in [0.29, 0.717) is 5.17 Å². The summed E-state index contributed by atoms with van der Waals surface area (Å²) in [4.78, 5) is 5.86. The Morgan fingerprint density at radius 3 is 2.30 bits per heavy atom. The van der Waals surface area contributed by atoms with Gasteiger partial charge in [-0.2, -0.15) is 0 Å². The first kappa shape index (κ1) is 9.49. The van der Waals surface area contributed by atoms with Gasteiger partial charge in [-0.15, -0.1) is 0 Å². The maximum Gasteiger partial charge on any atom is 0.181 e. The molecule has 10 heavy (non-hydrogen) atoms. The van der Waals surface area contributed by atoms with Gasteiger partial charge in [-0.25, -0.2) is 4.99 Å². The van der Waals surface area contributed by atoms with Crippen LogP contribution in [0.3, 0.4) is 0 Å². The summed E-state index contributed by atoms with van der Waals surface area (Å²) in [5.74, 6) is 0.861. The van der Waals surface area contributed by atoms with E-state index in [9.17, 15) is 0 Å². The molecule has 0 fully saturated rings. The van der Waals surface area contributed by atoms with Gasteiger partial charge in [0.25, 0.3) is 0 Å². The molecular weight excluding hydrogens is 146 g/mol. The van der Waals surface area contributed by atoms with Crippen molar-refractivity contribution in [1.29, 1.82) is 5.41 Å². The van der Waals surface area contributed by atoms with Crippen molar-refractivity contribution >= 4 is 22.8 Å². The van der Waals surface area contributed by atoms with E-state index >= 15 is 0 Å². The Morgan fingerprint density at radius 2 is 2.00 bits per heavy atom. The van der Waals surface area contributed by atoms with Gasteiger partial charge in [-0.05, 0) is 13.2 Å². The van der Waals surface area contributed by atoms with Crippen LogP contribution in [0.5, 0.6) is 0 Å². The lowest BCUT2D eigenvalue weighted by atomic mass is 10.6. The highest BCUT2D eigenvalue weighted by molar-refractivity contribution is 8.13. The quantitative estimate of drug-likeness (QED) is 0.427. The third kappa shape index (κ3) is 3.50. The van der Waals surface area contributed by atoms with E-state index in [0.717, 1.165) is 5.84 Å². The third-order valence-electron chi connectivity index (χ3n) is 1.10. The van der Waals surface area contributed by atoms with Crippen LogP contribution in [-0.2, 0) is 0 Å². The normalized spacial score (nSPS) is 11.4. The second-order valence-electron chi connectivity index (χ2n) is 2.06. The smallest absolute Gasteiger partial charge is 0.181 e. The molecule has 0 aliphatic rings. The van der Waals surface area contributed by atoms with Gasteiger partial charge < -0.3 is 4.90 Å². The molecule has 0 spiro atoms. The van der Waals surface area contributed by atoms with Crippen molar-refractivity contribution in [3.05, 3.63) is 0 Å². The monoisotopic (exact) mass is 159 g/mol. The fourth-order valence-electron chi connectivity index (χ4n) is 0.293. The summed E-state index contributed by atoms with van der Waals surface area (Å²) in [6.45, 7) is 1.88. The van der Waals surface area contributed by atoms with Crippen molar-refractivity contribution in [3.8, 4) is 0 Å². The zero-order valence-electron chi connectivity index (χ0n) is 6.80. The van der Waals surface area contributed by atoms with Crippen LogP contribution in [-0.4, -0.2) is 36.3 Å². The van der Waals surface area contributed by atoms with Crippen LogP contribution < -0.4 is 0 Å². The highest BCUT2D eigenvalue weighted by atomic mass is 32.2. The minimum Gasteiger partial charge on any atom is -0.366 e. The Labute approximate surface area is 66.0 Å². The largest absolute Gasteiger partial charge is 0.366 e. The Hall–Kier alpha value is -0.510. The summed E-state index contributed by atoms with van der Waals surface area (Å²) in [7, 11) is 3.82. The molecule has 3 nitrogen and oxygen atoms in total. The van der Waals surface area contributed by atoms with E-state index in [-0.39, 0.29) is 0 Å². The summed E-state index contributed by atoms with van der Waals surface area (Å²) in [5.41, 5.74) is 0. The number of rotatable bonds is 0. The molecule has 58 valence electrons. The molecule has 0 aliphatic carbocycles. The molecule has 0 aromatic rings. The Bertz CT molecular complexity index is 151. The first-order valence-electron chi connectivity index (χ1n) is 2.93. The van der Waals surface area contributed by atoms with Crippen LogP contribution in [0.4, 0.5) is 0 Å². The third-order valence-corrected chi connectivity index (χ3v) is 1.58. The van der Waals surface area contributed by atoms with Crippen LogP contribution in [0.25, 0.3) is 0 Å². The highest BCUT2D eigenvalue weighted by Crippen LogP contribution is 1.97. The molecule has 0 unspecified atom stereocenters. The predicted octanol–water partition coefficient (Wildman–Crippen LogP) is 1.26. The molecular formula is C6H13N3S. The van der Waals surface area contributed by atoms with Gasteiger partial charge in [0.15, 0.2) is 5.17 Å². The number of hydrogen-bond acceptors (Lipinski definition) is 2. The molecule has 0 bridgehead atoms. The molecule has 0 radical (unpaired) electrons. The molecule has 0 aromatic carbocycles. The van der Waals surface area contributed by atoms with Crippen molar-refractivity contribution in [2.24, 2.45) is 4.99 Å². The van der Waals surface area contributed by atoms with Crippen LogP contribution in [0.15, 0.2) is 4.99 Å². The van der Waals surface area contributed by atoms with Crippen molar-refractivity contribution in [3.63, 3.8) is 0 Å². The van der Waals surface area contributed by atoms with Gasteiger partial charge in [0.1, 0.15) is 5.84 Å². The van der Waals surface area contributed by atoms with Gasteiger partial charge in [0.2, 0.25) is 0 Å². The van der Waals surface area contributed by atoms with Crippen molar-refractivity contribution < 1.29 is 0 Å². The Morgan fingerprint density at radius 1 is 1.50 bits per heavy atom. The van der Waals surface area contributed by atoms with Crippen molar-refractivity contribution in [2.75, 3.05) is 20.4 Å². The fourth-order valence-corrected chi connectivity index (χ4v) is 0.516. The average molecular weight is 159 g/mol. The lowest BCUT2D eigenvalue weighted by Gasteiger charge is -2.10. The van der Waals surface area contributed by atoms with E-state index in [2.05, 4.69) is 4.99 Å². The first-order valence-corrected chi connectivity index (χ1v) is 4.15. The van der Waals surface area contributed by atoms with E-state index in [1.165, 1.54) is 11.8 Å². The minimum atomic E-state index is 0.353. The molecule has 0 rings (SSSR count). The van der Waals surface area contributed by atoms with Crippen LogP contribution in [0, 0.1) is 5.41 Å². The van der Waals surface area contributed by atoms with Gasteiger partial charge >= 0.3 is 0 Å². The second kappa shape index (κ2) is 4.33. The molecule has 0 aromatic heterocycles. The van der Waals surface area contributed by atoms with Crippen molar-refractivity contribution in [2.45, 2.75) is 6.92 Å². The van der Waals surface area contributed by atoms with Crippen molar-refractivity contribution in [1.82, 2.24) is 4.90 Å². The van der Waals surface area contributed by atoms with Crippen LogP contribution >= 0.6 is 11.8 Å². The highest BCUT2D eigenvalue weighted by Gasteiger charge is 1.94. The molecule has 0 saturated carbocycles. The average Bonchev–Trinajstić information content (AvgIpc) is 1.87. The molecule has 0 aliphatic heterocycles. The molecule has 1 N–H and O–H groups in total. The Balaban J connectivity index is 4.03. The molecule has 0 amide bonds. The van der Waals surface area contributed by atoms with Crippen LogP contribution in [0.1, 0.15) is 6.92 Å². The summed E-state index contributed by atoms with van der Waals surface area (Å²) in [6.07, 6.45) is 1.84. The van der Waals surface area contributed by atoms with E-state index in [1.807, 2.05) is 32.2 Å². The second-order valence-corrected chi connectivity index (χ2v) is 2.86. The molecule has 0 saturated heterocycles. The van der Waals surface area contributed by atoms with Gasteiger partial charge in [0.05, 0.1) is 0 Å². The standard InChI is InChI=1S/C6H13N3S/c1-5(9(2)3)8-6(7)10-4/h7H,1-4H3/b7-6?,8-5+. The zero-order chi connectivity index (χ0) is 8.15. The zero-order valence-corrected chi connectivity index (χ0v) is 7.62. The number of amidine groups is 2. The Kier molecular flexibility index (Phi) is 4.11. The van der Waals surface area contributed by atoms with E-state index in [1.54, 1.807) is 0 Å². The maximum absolute atomic E-state index is 7.21.